The minimum absolute atomic E-state index is 0.0637. The number of pyridine rings is 1. The van der Waals surface area contributed by atoms with Gasteiger partial charge in [-0.3, -0.25) is 4.98 Å². The Kier molecular flexibility index (Phi) is 3.88. The molecule has 1 aromatic heterocycles. The number of hydrogen-bond donors (Lipinski definition) is 0. The van der Waals surface area contributed by atoms with Gasteiger partial charge in [0.2, 0.25) is 0 Å². The molecule has 0 unspecified atom stereocenters. The van der Waals surface area contributed by atoms with Crippen LogP contribution in [0.4, 0.5) is 0 Å². The van der Waals surface area contributed by atoms with Gasteiger partial charge in [-0.15, -0.1) is 0 Å². The topological polar surface area (TPSA) is 12.9 Å². The highest BCUT2D eigenvalue weighted by Gasteiger charge is 2.53. The number of fused-ring (bicyclic) bond motifs is 9. The van der Waals surface area contributed by atoms with E-state index in [1.54, 1.807) is 0 Å². The van der Waals surface area contributed by atoms with E-state index in [4.69, 9.17) is 0 Å². The Hall–Kier alpha value is -3.97. The predicted octanol–water partition coefficient (Wildman–Crippen LogP) is 7.75. The first-order valence-corrected chi connectivity index (χ1v) is 12.0. The SMILES string of the molecule is CC1(C)c2ccccc2C2(c3ccccc3-c3cc(-c4cccnc4)ccc32)c2ccccc21. The highest BCUT2D eigenvalue weighted by Crippen LogP contribution is 2.62. The Balaban J connectivity index is 1.63. The van der Waals surface area contributed by atoms with Crippen LogP contribution in [0, 0.1) is 0 Å². The van der Waals surface area contributed by atoms with Gasteiger partial charge in [0.05, 0.1) is 5.41 Å². The van der Waals surface area contributed by atoms with Gasteiger partial charge in [0.25, 0.3) is 0 Å². The molecule has 0 bridgehead atoms. The zero-order valence-corrected chi connectivity index (χ0v) is 19.4. The summed E-state index contributed by atoms with van der Waals surface area (Å²) in [4.78, 5) is 4.36. The molecule has 4 aromatic carbocycles. The third-order valence-corrected chi connectivity index (χ3v) is 8.05. The minimum Gasteiger partial charge on any atom is -0.264 e. The second-order valence-electron chi connectivity index (χ2n) is 10.0. The van der Waals surface area contributed by atoms with Crippen molar-refractivity contribution in [3.05, 3.63) is 149 Å². The van der Waals surface area contributed by atoms with E-state index in [-0.39, 0.29) is 10.8 Å². The van der Waals surface area contributed by atoms with Crippen molar-refractivity contribution >= 4 is 0 Å². The zero-order valence-electron chi connectivity index (χ0n) is 19.4. The fourth-order valence-electron chi connectivity index (χ4n) is 6.58. The summed E-state index contributed by atoms with van der Waals surface area (Å²) < 4.78 is 0. The highest BCUT2D eigenvalue weighted by molar-refractivity contribution is 5.90. The van der Waals surface area contributed by atoms with E-state index in [0.29, 0.717) is 0 Å². The highest BCUT2D eigenvalue weighted by atomic mass is 14.6. The predicted molar refractivity (Wildman–Crippen MR) is 139 cm³/mol. The number of nitrogens with zero attached hydrogens (tertiary/aromatic N) is 1. The van der Waals surface area contributed by atoms with Gasteiger partial charge in [-0.05, 0) is 62.2 Å². The van der Waals surface area contributed by atoms with Crippen LogP contribution >= 0.6 is 0 Å². The van der Waals surface area contributed by atoms with Crippen LogP contribution in [0.15, 0.2) is 116 Å². The van der Waals surface area contributed by atoms with Gasteiger partial charge in [-0.2, -0.15) is 0 Å². The molecule has 7 rings (SSSR count). The molecule has 1 spiro atoms. The number of benzene rings is 4. The van der Waals surface area contributed by atoms with Crippen LogP contribution < -0.4 is 0 Å². The van der Waals surface area contributed by atoms with E-state index in [2.05, 4.69) is 116 Å². The lowest BCUT2D eigenvalue weighted by molar-refractivity contribution is 0.563. The van der Waals surface area contributed by atoms with E-state index in [0.717, 1.165) is 5.56 Å². The zero-order chi connectivity index (χ0) is 22.9. The van der Waals surface area contributed by atoms with Gasteiger partial charge >= 0.3 is 0 Å². The lowest BCUT2D eigenvalue weighted by Gasteiger charge is -2.46. The Bertz CT molecular complexity index is 1530. The van der Waals surface area contributed by atoms with Crippen LogP contribution in [0.5, 0.6) is 0 Å². The first-order chi connectivity index (χ1) is 16.6. The van der Waals surface area contributed by atoms with Gasteiger partial charge < -0.3 is 0 Å². The summed E-state index contributed by atoms with van der Waals surface area (Å²) >= 11 is 0. The Morgan fingerprint density at radius 1 is 0.500 bits per heavy atom. The second-order valence-corrected chi connectivity index (χ2v) is 10.0. The Labute approximate surface area is 200 Å². The fourth-order valence-corrected chi connectivity index (χ4v) is 6.58. The molecule has 0 radical (unpaired) electrons. The molecule has 1 heterocycles. The maximum Gasteiger partial charge on any atom is 0.0719 e. The Morgan fingerprint density at radius 3 is 1.74 bits per heavy atom. The van der Waals surface area contributed by atoms with Crippen molar-refractivity contribution in [3.8, 4) is 22.3 Å². The molecule has 162 valence electrons. The number of rotatable bonds is 1. The molecule has 0 aliphatic heterocycles. The number of aromatic nitrogens is 1. The van der Waals surface area contributed by atoms with Crippen LogP contribution in [0.3, 0.4) is 0 Å². The molecule has 0 amide bonds. The normalized spacial score (nSPS) is 15.8. The summed E-state index contributed by atoms with van der Waals surface area (Å²) in [6.07, 6.45) is 3.78. The molecular weight excluding hydrogens is 410 g/mol. The van der Waals surface area contributed by atoms with Gasteiger partial charge in [0, 0.05) is 23.4 Å². The van der Waals surface area contributed by atoms with Gasteiger partial charge in [-0.1, -0.05) is 105 Å². The largest absolute Gasteiger partial charge is 0.264 e. The van der Waals surface area contributed by atoms with E-state index < -0.39 is 0 Å². The van der Waals surface area contributed by atoms with Crippen molar-refractivity contribution in [1.29, 1.82) is 0 Å². The molecule has 1 nitrogen and oxygen atoms in total. The summed E-state index contributed by atoms with van der Waals surface area (Å²) in [5.41, 5.74) is 13.0. The van der Waals surface area contributed by atoms with Gasteiger partial charge in [-0.25, -0.2) is 0 Å². The van der Waals surface area contributed by atoms with Gasteiger partial charge in [0.1, 0.15) is 0 Å². The molecule has 5 aromatic rings. The van der Waals surface area contributed by atoms with Crippen LogP contribution in [-0.4, -0.2) is 4.98 Å². The van der Waals surface area contributed by atoms with E-state index in [1.165, 1.54) is 50.1 Å². The molecule has 0 saturated heterocycles. The van der Waals surface area contributed by atoms with Crippen LogP contribution in [0.25, 0.3) is 22.3 Å². The maximum absolute atomic E-state index is 4.36. The third-order valence-electron chi connectivity index (χ3n) is 8.05. The summed E-state index contributed by atoms with van der Waals surface area (Å²) in [5.74, 6) is 0. The second kappa shape index (κ2) is 6.77. The molecule has 0 atom stereocenters. The number of hydrogen-bond acceptors (Lipinski definition) is 1. The third kappa shape index (κ3) is 2.32. The van der Waals surface area contributed by atoms with Crippen molar-refractivity contribution < 1.29 is 0 Å². The summed E-state index contributed by atoms with van der Waals surface area (Å²) in [5, 5.41) is 0. The standard InChI is InChI=1S/C33H25N/c1-32(2)28-13-5-7-15-30(28)33(31-16-8-6-14-29(31)32)26-12-4-3-11-24(26)25-20-22(17-18-27(25)33)23-10-9-19-34-21-23/h3-21H,1-2H3. The molecule has 1 heteroatoms. The molecule has 34 heavy (non-hydrogen) atoms. The smallest absolute Gasteiger partial charge is 0.0719 e. The molecule has 2 aliphatic carbocycles. The average Bonchev–Trinajstić information content (AvgIpc) is 3.19. The average molecular weight is 436 g/mol. The van der Waals surface area contributed by atoms with E-state index >= 15 is 0 Å². The first-order valence-electron chi connectivity index (χ1n) is 12.0. The van der Waals surface area contributed by atoms with Crippen molar-refractivity contribution in [2.45, 2.75) is 24.7 Å². The van der Waals surface area contributed by atoms with Crippen molar-refractivity contribution in [1.82, 2.24) is 4.98 Å². The lowest BCUT2D eigenvalue weighted by Crippen LogP contribution is -2.40. The van der Waals surface area contributed by atoms with Crippen LogP contribution in [0.2, 0.25) is 0 Å². The lowest BCUT2D eigenvalue weighted by atomic mass is 9.55. The van der Waals surface area contributed by atoms with E-state index in [9.17, 15) is 0 Å². The van der Waals surface area contributed by atoms with Crippen molar-refractivity contribution in [2.75, 3.05) is 0 Å². The fraction of sp³-hybridized carbons (Fsp3) is 0.121. The van der Waals surface area contributed by atoms with Crippen molar-refractivity contribution in [2.24, 2.45) is 0 Å². The molecule has 0 fully saturated rings. The maximum atomic E-state index is 4.36. The van der Waals surface area contributed by atoms with Gasteiger partial charge in [0.15, 0.2) is 0 Å². The minimum atomic E-state index is -0.317. The quantitative estimate of drug-likeness (QED) is 0.257. The molecule has 0 saturated carbocycles. The van der Waals surface area contributed by atoms with Crippen LogP contribution in [-0.2, 0) is 10.8 Å². The summed E-state index contributed by atoms with van der Waals surface area (Å²) in [6, 6.07) is 38.3. The molecule has 2 aliphatic rings. The van der Waals surface area contributed by atoms with Crippen molar-refractivity contribution in [3.63, 3.8) is 0 Å². The molecule has 0 N–H and O–H groups in total. The molecular formula is C33H25N. The van der Waals surface area contributed by atoms with Crippen LogP contribution in [0.1, 0.15) is 47.2 Å². The monoisotopic (exact) mass is 435 g/mol. The summed E-state index contributed by atoms with van der Waals surface area (Å²) in [7, 11) is 0. The van der Waals surface area contributed by atoms with E-state index in [1.807, 2.05) is 18.5 Å². The first kappa shape index (κ1) is 19.5. The Morgan fingerprint density at radius 2 is 1.09 bits per heavy atom. The summed E-state index contributed by atoms with van der Waals surface area (Å²) in [6.45, 7) is 4.73.